The number of amides is 1. The van der Waals surface area contributed by atoms with Gasteiger partial charge in [0.1, 0.15) is 0 Å². The van der Waals surface area contributed by atoms with Crippen LogP contribution >= 0.6 is 0 Å². The summed E-state index contributed by atoms with van der Waals surface area (Å²) in [6.45, 7) is 4.74. The van der Waals surface area contributed by atoms with Crippen molar-refractivity contribution in [2.24, 2.45) is 23.7 Å². The maximum atomic E-state index is 12.7. The van der Waals surface area contributed by atoms with Crippen molar-refractivity contribution in [3.05, 3.63) is 22.8 Å². The Bertz CT molecular complexity index is 586. The number of carboxylic acids is 1. The minimum Gasteiger partial charge on any atom is -0.481 e. The third-order valence-corrected chi connectivity index (χ3v) is 6.14. The van der Waals surface area contributed by atoms with Gasteiger partial charge in [0.05, 0.1) is 11.8 Å². The predicted octanol–water partition coefficient (Wildman–Crippen LogP) is 3.69. The molecule has 0 aromatic heterocycles. The zero-order chi connectivity index (χ0) is 17.3. The average molecular weight is 331 g/mol. The molecule has 3 rings (SSSR count). The van der Waals surface area contributed by atoms with Crippen LogP contribution in [0.3, 0.4) is 0 Å². The molecule has 1 amide bonds. The van der Waals surface area contributed by atoms with Crippen LogP contribution in [0.5, 0.6) is 0 Å². The van der Waals surface area contributed by atoms with Crippen molar-refractivity contribution in [3.8, 4) is 0 Å². The lowest BCUT2D eigenvalue weighted by Crippen LogP contribution is -2.41. The van der Waals surface area contributed by atoms with Crippen molar-refractivity contribution in [1.29, 1.82) is 0 Å². The molecule has 3 aliphatic carbocycles. The van der Waals surface area contributed by atoms with Gasteiger partial charge in [0.15, 0.2) is 0 Å². The summed E-state index contributed by atoms with van der Waals surface area (Å²) in [7, 11) is 0. The van der Waals surface area contributed by atoms with Crippen molar-refractivity contribution >= 4 is 11.9 Å². The molecule has 3 aliphatic rings. The summed E-state index contributed by atoms with van der Waals surface area (Å²) in [4.78, 5) is 24.5. The van der Waals surface area contributed by atoms with Gasteiger partial charge in [-0.2, -0.15) is 0 Å². The fourth-order valence-electron chi connectivity index (χ4n) is 5.20. The van der Waals surface area contributed by atoms with Gasteiger partial charge in [-0.3, -0.25) is 9.59 Å². The van der Waals surface area contributed by atoms with Gasteiger partial charge in [-0.15, -0.1) is 0 Å². The molecule has 132 valence electrons. The minimum atomic E-state index is -0.809. The number of nitrogens with one attached hydrogen (secondary N) is 1. The molecular formula is C20H29NO3. The van der Waals surface area contributed by atoms with Crippen molar-refractivity contribution in [1.82, 2.24) is 5.32 Å². The van der Waals surface area contributed by atoms with Crippen LogP contribution in [0.4, 0.5) is 0 Å². The Morgan fingerprint density at radius 2 is 1.88 bits per heavy atom. The Morgan fingerprint density at radius 3 is 2.46 bits per heavy atom. The maximum absolute atomic E-state index is 12.7. The zero-order valence-corrected chi connectivity index (χ0v) is 14.8. The summed E-state index contributed by atoms with van der Waals surface area (Å²) in [5.41, 5.74) is 3.89. The number of allylic oxidation sites excluding steroid dienone is 3. The van der Waals surface area contributed by atoms with Gasteiger partial charge >= 0.3 is 5.97 Å². The molecule has 4 heteroatoms. The van der Waals surface area contributed by atoms with Crippen LogP contribution in [0.2, 0.25) is 0 Å². The SMILES string of the molecule is CC(C)=C1[C@@H]2CC[C@@H]1[C@@H](C(=O)NCCC1=CCCCC1)[C@H]2C(=O)O. The molecule has 0 radical (unpaired) electrons. The van der Waals surface area contributed by atoms with Gasteiger partial charge in [-0.1, -0.05) is 22.8 Å². The molecule has 0 unspecified atom stereocenters. The lowest BCUT2D eigenvalue weighted by Gasteiger charge is -2.26. The van der Waals surface area contributed by atoms with Gasteiger partial charge in [0.2, 0.25) is 5.91 Å². The van der Waals surface area contributed by atoms with E-state index in [9.17, 15) is 14.7 Å². The van der Waals surface area contributed by atoms with Crippen molar-refractivity contribution in [3.63, 3.8) is 0 Å². The fraction of sp³-hybridized carbons (Fsp3) is 0.700. The van der Waals surface area contributed by atoms with Crippen LogP contribution in [0.25, 0.3) is 0 Å². The summed E-state index contributed by atoms with van der Waals surface area (Å²) in [6, 6.07) is 0. The predicted molar refractivity (Wildman–Crippen MR) is 93.4 cm³/mol. The van der Waals surface area contributed by atoms with E-state index >= 15 is 0 Å². The molecule has 0 aromatic rings. The molecular weight excluding hydrogens is 302 g/mol. The molecule has 2 saturated carbocycles. The van der Waals surface area contributed by atoms with Crippen LogP contribution in [-0.4, -0.2) is 23.5 Å². The number of carboxylic acid groups (broad SMARTS) is 1. The van der Waals surface area contributed by atoms with Crippen LogP contribution in [-0.2, 0) is 9.59 Å². The van der Waals surface area contributed by atoms with E-state index in [-0.39, 0.29) is 23.7 Å². The van der Waals surface area contributed by atoms with Gasteiger partial charge in [-0.25, -0.2) is 0 Å². The first-order valence-electron chi connectivity index (χ1n) is 9.36. The van der Waals surface area contributed by atoms with E-state index in [1.54, 1.807) is 0 Å². The molecule has 2 N–H and O–H groups in total. The minimum absolute atomic E-state index is 0.0511. The highest BCUT2D eigenvalue weighted by Crippen LogP contribution is 2.57. The Morgan fingerprint density at radius 1 is 1.17 bits per heavy atom. The van der Waals surface area contributed by atoms with E-state index in [2.05, 4.69) is 25.2 Å². The summed E-state index contributed by atoms with van der Waals surface area (Å²) in [5, 5.41) is 12.7. The van der Waals surface area contributed by atoms with Gasteiger partial charge in [0, 0.05) is 6.54 Å². The number of rotatable bonds is 5. The summed E-state index contributed by atoms with van der Waals surface area (Å²) < 4.78 is 0. The Kier molecular flexibility index (Phi) is 5.12. The van der Waals surface area contributed by atoms with Crippen molar-refractivity contribution < 1.29 is 14.7 Å². The molecule has 0 aromatic carbocycles. The highest BCUT2D eigenvalue weighted by atomic mass is 16.4. The van der Waals surface area contributed by atoms with Crippen molar-refractivity contribution in [2.75, 3.05) is 6.54 Å². The van der Waals surface area contributed by atoms with E-state index in [0.29, 0.717) is 6.54 Å². The second-order valence-electron chi connectivity index (χ2n) is 7.78. The fourth-order valence-corrected chi connectivity index (χ4v) is 5.20. The molecule has 0 saturated heterocycles. The number of carbonyl (C=O) groups is 2. The quantitative estimate of drug-likeness (QED) is 0.755. The summed E-state index contributed by atoms with van der Waals surface area (Å²) in [5.74, 6) is -1.58. The molecule has 2 fully saturated rings. The smallest absolute Gasteiger partial charge is 0.307 e. The van der Waals surface area contributed by atoms with Crippen LogP contribution < -0.4 is 5.32 Å². The normalized spacial score (nSPS) is 31.8. The largest absolute Gasteiger partial charge is 0.481 e. The molecule has 4 atom stereocenters. The lowest BCUT2D eigenvalue weighted by molar-refractivity contribution is -0.149. The summed E-state index contributed by atoms with van der Waals surface area (Å²) in [6.07, 6.45) is 9.89. The molecule has 2 bridgehead atoms. The van der Waals surface area contributed by atoms with E-state index < -0.39 is 11.9 Å². The molecule has 0 spiro atoms. The monoisotopic (exact) mass is 331 g/mol. The van der Waals surface area contributed by atoms with E-state index in [4.69, 9.17) is 0 Å². The second-order valence-corrected chi connectivity index (χ2v) is 7.78. The highest BCUT2D eigenvalue weighted by Gasteiger charge is 2.57. The molecule has 0 aliphatic heterocycles. The highest BCUT2D eigenvalue weighted by molar-refractivity contribution is 5.87. The van der Waals surface area contributed by atoms with Gasteiger partial charge in [0.25, 0.3) is 0 Å². The van der Waals surface area contributed by atoms with Crippen LogP contribution in [0, 0.1) is 23.7 Å². The summed E-state index contributed by atoms with van der Waals surface area (Å²) >= 11 is 0. The molecule has 0 heterocycles. The van der Waals surface area contributed by atoms with Crippen molar-refractivity contribution in [2.45, 2.75) is 58.8 Å². The number of hydrogen-bond acceptors (Lipinski definition) is 2. The first-order valence-corrected chi connectivity index (χ1v) is 9.36. The first kappa shape index (κ1) is 17.2. The van der Waals surface area contributed by atoms with E-state index in [1.165, 1.54) is 29.6 Å². The van der Waals surface area contributed by atoms with E-state index in [0.717, 1.165) is 32.1 Å². The maximum Gasteiger partial charge on any atom is 0.307 e. The topological polar surface area (TPSA) is 66.4 Å². The second kappa shape index (κ2) is 7.12. The molecule has 24 heavy (non-hydrogen) atoms. The van der Waals surface area contributed by atoms with E-state index in [1.807, 2.05) is 0 Å². The number of carbonyl (C=O) groups excluding carboxylic acids is 1. The zero-order valence-electron chi connectivity index (χ0n) is 14.8. The van der Waals surface area contributed by atoms with Gasteiger partial charge in [-0.05, 0) is 70.6 Å². The molecule has 4 nitrogen and oxygen atoms in total. The Balaban J connectivity index is 1.66. The Hall–Kier alpha value is -1.58. The van der Waals surface area contributed by atoms with Crippen LogP contribution in [0.1, 0.15) is 58.8 Å². The standard InChI is InChI=1S/C20H29NO3/c1-12(2)16-14-8-9-15(16)18(20(23)24)17(14)19(22)21-11-10-13-6-4-3-5-7-13/h6,14-15,17-18H,3-5,7-11H2,1-2H3,(H,21,22)(H,23,24)/t14-,15-,17+,18-/m0/s1. The number of aliphatic carboxylic acids is 1. The first-order chi connectivity index (χ1) is 11.5. The third kappa shape index (κ3) is 3.15. The Labute approximate surface area is 144 Å². The van der Waals surface area contributed by atoms with Gasteiger partial charge < -0.3 is 10.4 Å². The average Bonchev–Trinajstić information content (AvgIpc) is 3.11. The third-order valence-electron chi connectivity index (χ3n) is 6.14. The lowest BCUT2D eigenvalue weighted by atomic mass is 9.78. The van der Waals surface area contributed by atoms with Crippen LogP contribution in [0.15, 0.2) is 22.8 Å². The number of hydrogen-bond donors (Lipinski definition) is 2. The number of fused-ring (bicyclic) bond motifs is 2.